The number of aliphatic hydroxyl groups is 1. The molecule has 14 heavy (non-hydrogen) atoms. The van der Waals surface area contributed by atoms with Crippen LogP contribution in [0.25, 0.3) is 0 Å². The highest BCUT2D eigenvalue weighted by Gasteiger charge is 2.30. The number of hydrogen-bond donors (Lipinski definition) is 1. The molecule has 0 radical (unpaired) electrons. The molecule has 0 aromatic heterocycles. The van der Waals surface area contributed by atoms with Crippen molar-refractivity contribution in [1.82, 2.24) is 4.90 Å². The maximum atomic E-state index is 9.53. The SMILES string of the molecule is CCC1CCCN(C2CCC(O)C2)C1. The predicted molar refractivity (Wildman–Crippen MR) is 58.2 cm³/mol. The zero-order valence-corrected chi connectivity index (χ0v) is 9.28. The minimum absolute atomic E-state index is 0.0120. The van der Waals surface area contributed by atoms with E-state index in [1.54, 1.807) is 0 Å². The number of piperidine rings is 1. The summed E-state index contributed by atoms with van der Waals surface area (Å²) < 4.78 is 0. The Kier molecular flexibility index (Phi) is 3.45. The third-order valence-corrected chi connectivity index (χ3v) is 4.02. The smallest absolute Gasteiger partial charge is 0.0555 e. The van der Waals surface area contributed by atoms with Crippen LogP contribution in [0.5, 0.6) is 0 Å². The Labute approximate surface area is 87.3 Å². The average molecular weight is 197 g/mol. The highest BCUT2D eigenvalue weighted by atomic mass is 16.3. The lowest BCUT2D eigenvalue weighted by Crippen LogP contribution is -2.41. The minimum Gasteiger partial charge on any atom is -0.393 e. The van der Waals surface area contributed by atoms with Gasteiger partial charge in [-0.3, -0.25) is 0 Å². The largest absolute Gasteiger partial charge is 0.393 e. The fourth-order valence-corrected chi connectivity index (χ4v) is 3.03. The first-order valence-corrected chi connectivity index (χ1v) is 6.21. The van der Waals surface area contributed by atoms with Crippen LogP contribution in [0.15, 0.2) is 0 Å². The molecule has 1 aliphatic heterocycles. The van der Waals surface area contributed by atoms with Gasteiger partial charge in [0.2, 0.25) is 0 Å². The molecule has 82 valence electrons. The first kappa shape index (κ1) is 10.4. The van der Waals surface area contributed by atoms with Crippen LogP contribution in [0.2, 0.25) is 0 Å². The molecule has 1 heterocycles. The molecule has 1 aliphatic carbocycles. The Morgan fingerprint density at radius 2 is 2.14 bits per heavy atom. The van der Waals surface area contributed by atoms with Gasteiger partial charge in [-0.1, -0.05) is 13.3 Å². The molecule has 0 aromatic carbocycles. The molecular formula is C12H23NO. The van der Waals surface area contributed by atoms with Gasteiger partial charge in [-0.05, 0) is 44.6 Å². The second-order valence-electron chi connectivity index (χ2n) is 5.03. The van der Waals surface area contributed by atoms with Gasteiger partial charge in [0.1, 0.15) is 0 Å². The lowest BCUT2D eigenvalue weighted by Gasteiger charge is -2.36. The molecule has 0 bridgehead atoms. The van der Waals surface area contributed by atoms with Crippen LogP contribution in [0, 0.1) is 5.92 Å². The summed E-state index contributed by atoms with van der Waals surface area (Å²) >= 11 is 0. The van der Waals surface area contributed by atoms with Crippen molar-refractivity contribution in [3.8, 4) is 0 Å². The van der Waals surface area contributed by atoms with E-state index in [2.05, 4.69) is 11.8 Å². The second kappa shape index (κ2) is 4.63. The third kappa shape index (κ3) is 2.29. The van der Waals surface area contributed by atoms with Crippen molar-refractivity contribution >= 4 is 0 Å². The number of hydrogen-bond acceptors (Lipinski definition) is 2. The van der Waals surface area contributed by atoms with Crippen LogP contribution < -0.4 is 0 Å². The minimum atomic E-state index is -0.0120. The van der Waals surface area contributed by atoms with E-state index in [1.807, 2.05) is 0 Å². The van der Waals surface area contributed by atoms with Crippen molar-refractivity contribution in [2.75, 3.05) is 13.1 Å². The van der Waals surface area contributed by atoms with Crippen LogP contribution in [0.3, 0.4) is 0 Å². The fourth-order valence-electron chi connectivity index (χ4n) is 3.03. The van der Waals surface area contributed by atoms with Gasteiger partial charge < -0.3 is 10.0 Å². The monoisotopic (exact) mass is 197 g/mol. The summed E-state index contributed by atoms with van der Waals surface area (Å²) in [7, 11) is 0. The van der Waals surface area contributed by atoms with Crippen molar-refractivity contribution in [3.05, 3.63) is 0 Å². The van der Waals surface area contributed by atoms with Crippen LogP contribution in [-0.2, 0) is 0 Å². The van der Waals surface area contributed by atoms with Crippen LogP contribution >= 0.6 is 0 Å². The van der Waals surface area contributed by atoms with Crippen molar-refractivity contribution in [1.29, 1.82) is 0 Å². The molecule has 2 heteroatoms. The van der Waals surface area contributed by atoms with Crippen molar-refractivity contribution in [2.24, 2.45) is 5.92 Å². The Hall–Kier alpha value is -0.0800. The number of rotatable bonds is 2. The van der Waals surface area contributed by atoms with Gasteiger partial charge in [-0.15, -0.1) is 0 Å². The Bertz CT molecular complexity index is 183. The molecule has 1 saturated heterocycles. The van der Waals surface area contributed by atoms with E-state index in [1.165, 1.54) is 38.8 Å². The van der Waals surface area contributed by atoms with E-state index in [0.717, 1.165) is 18.8 Å². The maximum absolute atomic E-state index is 9.53. The normalized spacial score (nSPS) is 40.3. The summed E-state index contributed by atoms with van der Waals surface area (Å²) in [4.78, 5) is 2.63. The van der Waals surface area contributed by atoms with Crippen molar-refractivity contribution in [3.63, 3.8) is 0 Å². The van der Waals surface area contributed by atoms with Gasteiger partial charge in [-0.2, -0.15) is 0 Å². The van der Waals surface area contributed by atoms with E-state index in [4.69, 9.17) is 0 Å². The molecule has 2 rings (SSSR count). The zero-order valence-electron chi connectivity index (χ0n) is 9.28. The second-order valence-corrected chi connectivity index (χ2v) is 5.03. The standard InChI is InChI=1S/C12H23NO/c1-2-10-4-3-7-13(9-10)11-5-6-12(14)8-11/h10-12,14H,2-9H2,1H3. The molecule has 1 saturated carbocycles. The number of likely N-dealkylation sites (tertiary alicyclic amines) is 1. The summed E-state index contributed by atoms with van der Waals surface area (Å²) in [6, 6.07) is 0.694. The molecule has 2 aliphatic rings. The van der Waals surface area contributed by atoms with E-state index < -0.39 is 0 Å². The zero-order chi connectivity index (χ0) is 9.97. The van der Waals surface area contributed by atoms with Crippen molar-refractivity contribution in [2.45, 2.75) is 57.6 Å². The molecular weight excluding hydrogens is 174 g/mol. The lowest BCUT2D eigenvalue weighted by atomic mass is 9.94. The molecule has 3 atom stereocenters. The quantitative estimate of drug-likeness (QED) is 0.732. The molecule has 0 spiro atoms. The van der Waals surface area contributed by atoms with E-state index in [0.29, 0.717) is 6.04 Å². The summed E-state index contributed by atoms with van der Waals surface area (Å²) in [6.45, 7) is 4.86. The molecule has 1 N–H and O–H groups in total. The first-order chi connectivity index (χ1) is 6.79. The summed E-state index contributed by atoms with van der Waals surface area (Å²) in [5.41, 5.74) is 0. The van der Waals surface area contributed by atoms with E-state index in [9.17, 15) is 5.11 Å². The summed E-state index contributed by atoms with van der Waals surface area (Å²) in [6.07, 6.45) is 7.37. The molecule has 2 nitrogen and oxygen atoms in total. The molecule has 2 fully saturated rings. The molecule has 0 aromatic rings. The average Bonchev–Trinajstić information content (AvgIpc) is 2.65. The highest BCUT2D eigenvalue weighted by molar-refractivity contribution is 4.85. The van der Waals surface area contributed by atoms with Crippen molar-refractivity contribution < 1.29 is 5.11 Å². The molecule has 0 amide bonds. The van der Waals surface area contributed by atoms with E-state index in [-0.39, 0.29) is 6.10 Å². The van der Waals surface area contributed by atoms with Crippen LogP contribution in [0.1, 0.15) is 45.4 Å². The van der Waals surface area contributed by atoms with Gasteiger partial charge >= 0.3 is 0 Å². The Balaban J connectivity index is 1.84. The first-order valence-electron chi connectivity index (χ1n) is 6.21. The van der Waals surface area contributed by atoms with Gasteiger partial charge in [0.15, 0.2) is 0 Å². The number of aliphatic hydroxyl groups excluding tert-OH is 1. The predicted octanol–water partition coefficient (Wildman–Crippen LogP) is 2.02. The third-order valence-electron chi connectivity index (χ3n) is 4.02. The topological polar surface area (TPSA) is 23.5 Å². The maximum Gasteiger partial charge on any atom is 0.0555 e. The van der Waals surface area contributed by atoms with Gasteiger partial charge in [0.25, 0.3) is 0 Å². The fraction of sp³-hybridized carbons (Fsp3) is 1.00. The Morgan fingerprint density at radius 1 is 1.29 bits per heavy atom. The summed E-state index contributed by atoms with van der Waals surface area (Å²) in [5, 5.41) is 9.53. The molecule has 3 unspecified atom stereocenters. The van der Waals surface area contributed by atoms with Gasteiger partial charge in [-0.25, -0.2) is 0 Å². The van der Waals surface area contributed by atoms with Crippen LogP contribution in [-0.4, -0.2) is 35.2 Å². The Morgan fingerprint density at radius 3 is 2.79 bits per heavy atom. The van der Waals surface area contributed by atoms with Gasteiger partial charge in [0.05, 0.1) is 6.10 Å². The highest BCUT2D eigenvalue weighted by Crippen LogP contribution is 2.28. The van der Waals surface area contributed by atoms with E-state index >= 15 is 0 Å². The van der Waals surface area contributed by atoms with Gasteiger partial charge in [0, 0.05) is 12.6 Å². The number of nitrogens with zero attached hydrogens (tertiary/aromatic N) is 1. The lowest BCUT2D eigenvalue weighted by molar-refractivity contribution is 0.108. The van der Waals surface area contributed by atoms with Crippen LogP contribution in [0.4, 0.5) is 0 Å². The summed E-state index contributed by atoms with van der Waals surface area (Å²) in [5.74, 6) is 0.918.